The molecular weight excluding hydrogens is 218 g/mol. The summed E-state index contributed by atoms with van der Waals surface area (Å²) < 4.78 is 5.30. The Labute approximate surface area is 104 Å². The fourth-order valence-corrected chi connectivity index (χ4v) is 2.53. The molecule has 0 saturated carbocycles. The fourth-order valence-electron chi connectivity index (χ4n) is 2.53. The minimum Gasteiger partial charge on any atom is -0.481 e. The van der Waals surface area contributed by atoms with Crippen molar-refractivity contribution < 1.29 is 14.6 Å². The number of likely N-dealkylation sites (tertiary alicyclic amines) is 1. The van der Waals surface area contributed by atoms with Gasteiger partial charge in [-0.15, -0.1) is 0 Å². The number of carbonyl (C=O) groups is 1. The maximum absolute atomic E-state index is 11.4. The van der Waals surface area contributed by atoms with Crippen LogP contribution in [0.3, 0.4) is 0 Å². The van der Waals surface area contributed by atoms with Crippen molar-refractivity contribution in [3.05, 3.63) is 0 Å². The van der Waals surface area contributed by atoms with E-state index in [9.17, 15) is 9.90 Å². The number of ether oxygens (including phenoxy) is 1. The molecule has 1 N–H and O–H groups in total. The van der Waals surface area contributed by atoms with Gasteiger partial charge in [0.1, 0.15) is 0 Å². The number of hydrogen-bond acceptors (Lipinski definition) is 3. The summed E-state index contributed by atoms with van der Waals surface area (Å²) in [6.07, 6.45) is 1.76. The Morgan fingerprint density at radius 1 is 1.53 bits per heavy atom. The summed E-state index contributed by atoms with van der Waals surface area (Å²) in [7, 11) is 0. The van der Waals surface area contributed by atoms with Crippen LogP contribution >= 0.6 is 0 Å². The lowest BCUT2D eigenvalue weighted by atomic mass is 9.76. The maximum Gasteiger partial charge on any atom is 0.311 e. The second kappa shape index (κ2) is 6.36. The standard InChI is InChI=1S/C13H25NO3/c1-4-17-9-5-7-14-8-6-13(10-14,11(2)3)12(15)16/h11H,4-10H2,1-3H3,(H,15,16). The van der Waals surface area contributed by atoms with Gasteiger partial charge in [0.15, 0.2) is 0 Å². The second-order valence-corrected chi connectivity index (χ2v) is 5.19. The molecule has 0 aliphatic carbocycles. The van der Waals surface area contributed by atoms with Crippen LogP contribution in [0.4, 0.5) is 0 Å². The Balaban J connectivity index is 2.41. The van der Waals surface area contributed by atoms with E-state index in [1.807, 2.05) is 20.8 Å². The Morgan fingerprint density at radius 2 is 2.24 bits per heavy atom. The number of rotatable bonds is 7. The zero-order chi connectivity index (χ0) is 12.9. The van der Waals surface area contributed by atoms with Gasteiger partial charge in [0, 0.05) is 26.3 Å². The van der Waals surface area contributed by atoms with E-state index >= 15 is 0 Å². The lowest BCUT2D eigenvalue weighted by Gasteiger charge is -2.28. The van der Waals surface area contributed by atoms with E-state index in [0.717, 1.165) is 39.1 Å². The van der Waals surface area contributed by atoms with Crippen molar-refractivity contribution in [2.75, 3.05) is 32.8 Å². The van der Waals surface area contributed by atoms with Gasteiger partial charge in [-0.05, 0) is 32.2 Å². The van der Waals surface area contributed by atoms with Crippen molar-refractivity contribution in [3.63, 3.8) is 0 Å². The monoisotopic (exact) mass is 243 g/mol. The lowest BCUT2D eigenvalue weighted by molar-refractivity contribution is -0.151. The quantitative estimate of drug-likeness (QED) is 0.693. The summed E-state index contributed by atoms with van der Waals surface area (Å²) >= 11 is 0. The van der Waals surface area contributed by atoms with E-state index in [0.29, 0.717) is 6.54 Å². The topological polar surface area (TPSA) is 49.8 Å². The zero-order valence-electron chi connectivity index (χ0n) is 11.2. The van der Waals surface area contributed by atoms with Crippen LogP contribution in [-0.2, 0) is 9.53 Å². The molecule has 0 radical (unpaired) electrons. The largest absolute Gasteiger partial charge is 0.481 e. The smallest absolute Gasteiger partial charge is 0.311 e. The van der Waals surface area contributed by atoms with Crippen LogP contribution in [-0.4, -0.2) is 48.8 Å². The first-order valence-corrected chi connectivity index (χ1v) is 6.56. The molecular formula is C13H25NO3. The van der Waals surface area contributed by atoms with Crippen molar-refractivity contribution in [1.29, 1.82) is 0 Å². The number of carboxylic acid groups (broad SMARTS) is 1. The van der Waals surface area contributed by atoms with E-state index in [2.05, 4.69) is 4.90 Å². The van der Waals surface area contributed by atoms with Crippen molar-refractivity contribution in [2.24, 2.45) is 11.3 Å². The first-order valence-electron chi connectivity index (χ1n) is 6.56. The van der Waals surface area contributed by atoms with Gasteiger partial charge in [-0.2, -0.15) is 0 Å². The van der Waals surface area contributed by atoms with Gasteiger partial charge >= 0.3 is 5.97 Å². The summed E-state index contributed by atoms with van der Waals surface area (Å²) in [6, 6.07) is 0. The normalized spacial score (nSPS) is 25.6. The molecule has 1 heterocycles. The fraction of sp³-hybridized carbons (Fsp3) is 0.923. The second-order valence-electron chi connectivity index (χ2n) is 5.19. The Morgan fingerprint density at radius 3 is 2.71 bits per heavy atom. The Kier molecular flexibility index (Phi) is 5.40. The third-order valence-corrected chi connectivity index (χ3v) is 3.88. The average Bonchev–Trinajstić information content (AvgIpc) is 2.70. The van der Waals surface area contributed by atoms with Crippen LogP contribution < -0.4 is 0 Å². The third-order valence-electron chi connectivity index (χ3n) is 3.88. The molecule has 1 atom stereocenters. The first-order chi connectivity index (χ1) is 8.03. The number of nitrogens with zero attached hydrogens (tertiary/aromatic N) is 1. The molecule has 0 aromatic heterocycles. The van der Waals surface area contributed by atoms with Crippen molar-refractivity contribution in [3.8, 4) is 0 Å². The van der Waals surface area contributed by atoms with Crippen molar-refractivity contribution in [2.45, 2.75) is 33.6 Å². The van der Waals surface area contributed by atoms with E-state index in [1.54, 1.807) is 0 Å². The van der Waals surface area contributed by atoms with Gasteiger partial charge in [0.2, 0.25) is 0 Å². The lowest BCUT2D eigenvalue weighted by Crippen LogP contribution is -2.39. The summed E-state index contributed by atoms with van der Waals surface area (Å²) in [5.41, 5.74) is -0.536. The molecule has 0 aromatic rings. The summed E-state index contributed by atoms with van der Waals surface area (Å²) in [5, 5.41) is 9.41. The Hall–Kier alpha value is -0.610. The Bertz CT molecular complexity index is 255. The van der Waals surface area contributed by atoms with Crippen molar-refractivity contribution in [1.82, 2.24) is 4.90 Å². The summed E-state index contributed by atoms with van der Waals surface area (Å²) in [5.74, 6) is -0.448. The van der Waals surface area contributed by atoms with E-state index in [4.69, 9.17) is 4.74 Å². The van der Waals surface area contributed by atoms with Gasteiger partial charge < -0.3 is 14.7 Å². The highest BCUT2D eigenvalue weighted by molar-refractivity contribution is 5.75. The van der Waals surface area contributed by atoms with Crippen molar-refractivity contribution >= 4 is 5.97 Å². The van der Waals surface area contributed by atoms with Crippen LogP contribution in [0.5, 0.6) is 0 Å². The SMILES string of the molecule is CCOCCCN1CCC(C(=O)O)(C(C)C)C1. The highest BCUT2D eigenvalue weighted by Crippen LogP contribution is 2.38. The molecule has 1 aliphatic heterocycles. The van der Waals surface area contributed by atoms with E-state index < -0.39 is 11.4 Å². The minimum absolute atomic E-state index is 0.192. The molecule has 4 nitrogen and oxygen atoms in total. The third kappa shape index (κ3) is 3.42. The number of hydrogen-bond donors (Lipinski definition) is 1. The summed E-state index contributed by atoms with van der Waals surface area (Å²) in [6.45, 7) is 10.1. The molecule has 0 aromatic carbocycles. The molecule has 0 spiro atoms. The summed E-state index contributed by atoms with van der Waals surface area (Å²) in [4.78, 5) is 13.7. The molecule has 1 rings (SSSR count). The maximum atomic E-state index is 11.4. The highest BCUT2D eigenvalue weighted by atomic mass is 16.5. The van der Waals surface area contributed by atoms with Gasteiger partial charge in [-0.3, -0.25) is 4.79 Å². The predicted molar refractivity (Wildman–Crippen MR) is 67.1 cm³/mol. The minimum atomic E-state index is -0.639. The molecule has 0 amide bonds. The number of aliphatic carboxylic acids is 1. The van der Waals surface area contributed by atoms with Gasteiger partial charge in [0.05, 0.1) is 5.41 Å². The van der Waals surface area contributed by atoms with E-state index in [1.165, 1.54) is 0 Å². The van der Waals surface area contributed by atoms with Crippen LogP contribution in [0.25, 0.3) is 0 Å². The van der Waals surface area contributed by atoms with Crippen LogP contribution in [0.2, 0.25) is 0 Å². The average molecular weight is 243 g/mol. The number of carboxylic acids is 1. The van der Waals surface area contributed by atoms with Gasteiger partial charge in [-0.25, -0.2) is 0 Å². The molecule has 17 heavy (non-hydrogen) atoms. The first kappa shape index (κ1) is 14.5. The molecule has 1 unspecified atom stereocenters. The molecule has 1 saturated heterocycles. The molecule has 4 heteroatoms. The van der Waals surface area contributed by atoms with Gasteiger partial charge in [0.25, 0.3) is 0 Å². The van der Waals surface area contributed by atoms with Gasteiger partial charge in [-0.1, -0.05) is 13.8 Å². The van der Waals surface area contributed by atoms with Crippen LogP contribution in [0, 0.1) is 11.3 Å². The molecule has 1 aliphatic rings. The predicted octanol–water partition coefficient (Wildman–Crippen LogP) is 1.85. The molecule has 0 bridgehead atoms. The zero-order valence-corrected chi connectivity index (χ0v) is 11.2. The highest BCUT2D eigenvalue weighted by Gasteiger charge is 2.46. The molecule has 1 fully saturated rings. The van der Waals surface area contributed by atoms with Crippen LogP contribution in [0.1, 0.15) is 33.6 Å². The van der Waals surface area contributed by atoms with Crippen LogP contribution in [0.15, 0.2) is 0 Å². The van der Waals surface area contributed by atoms with E-state index in [-0.39, 0.29) is 5.92 Å². The molecule has 100 valence electrons.